The molecule has 1 aliphatic rings. The lowest BCUT2D eigenvalue weighted by Crippen LogP contribution is -2.48. The van der Waals surface area contributed by atoms with E-state index in [2.05, 4.69) is 29.7 Å². The average molecular weight is 261 g/mol. The molecule has 0 amide bonds. The third-order valence-electron chi connectivity index (χ3n) is 3.76. The molecule has 2 rings (SSSR count). The first-order valence-electron chi connectivity index (χ1n) is 6.94. The van der Waals surface area contributed by atoms with Crippen LogP contribution < -0.4 is 10.6 Å². The van der Waals surface area contributed by atoms with Gasteiger partial charge in [-0.15, -0.1) is 0 Å². The van der Waals surface area contributed by atoms with E-state index in [1.54, 1.807) is 0 Å². The van der Waals surface area contributed by atoms with Crippen LogP contribution in [0, 0.1) is 0 Å². The van der Waals surface area contributed by atoms with Crippen LogP contribution in [0.5, 0.6) is 0 Å². The molecule has 0 saturated carbocycles. The fourth-order valence-corrected chi connectivity index (χ4v) is 2.49. The molecular formula is C15H23N3O. The Morgan fingerprint density at radius 2 is 1.95 bits per heavy atom. The summed E-state index contributed by atoms with van der Waals surface area (Å²) >= 11 is 0. The van der Waals surface area contributed by atoms with Crippen LogP contribution in [0.25, 0.3) is 0 Å². The van der Waals surface area contributed by atoms with Crippen molar-refractivity contribution in [3.63, 3.8) is 0 Å². The summed E-state index contributed by atoms with van der Waals surface area (Å²) < 4.78 is 0. The molecule has 1 heterocycles. The minimum atomic E-state index is 0.00247. The van der Waals surface area contributed by atoms with Gasteiger partial charge in [0.15, 0.2) is 5.78 Å². The number of hydrogen-bond donors (Lipinski definition) is 1. The van der Waals surface area contributed by atoms with E-state index in [0.717, 1.165) is 31.9 Å². The fraction of sp³-hybridized carbons (Fsp3) is 0.533. The smallest absolute Gasteiger partial charge is 0.176 e. The summed E-state index contributed by atoms with van der Waals surface area (Å²) in [7, 11) is 0. The average Bonchev–Trinajstić information content (AvgIpc) is 2.46. The molecule has 0 unspecified atom stereocenters. The number of ketones is 1. The van der Waals surface area contributed by atoms with Crippen molar-refractivity contribution in [1.29, 1.82) is 0 Å². The number of carbonyl (C=O) groups excluding carboxylic acids is 1. The van der Waals surface area contributed by atoms with Crippen molar-refractivity contribution in [2.45, 2.75) is 19.9 Å². The van der Waals surface area contributed by atoms with Crippen LogP contribution in [-0.2, 0) is 0 Å². The summed E-state index contributed by atoms with van der Waals surface area (Å²) in [6, 6.07) is 8.40. The summed E-state index contributed by atoms with van der Waals surface area (Å²) in [5, 5.41) is 0. The number of anilines is 1. The predicted octanol–water partition coefficient (Wildman–Crippen LogP) is 1.36. The third-order valence-corrected chi connectivity index (χ3v) is 3.76. The van der Waals surface area contributed by atoms with Crippen LogP contribution in [0.3, 0.4) is 0 Å². The molecule has 0 atom stereocenters. The molecule has 0 spiro atoms. The van der Waals surface area contributed by atoms with E-state index in [9.17, 15) is 4.79 Å². The maximum atomic E-state index is 11.6. The number of carbonyl (C=O) groups is 1. The molecule has 0 aliphatic carbocycles. The summed E-state index contributed by atoms with van der Waals surface area (Å²) in [6.45, 7) is 8.72. The summed E-state index contributed by atoms with van der Waals surface area (Å²) in [5.74, 6) is 0.00247. The lowest BCUT2D eigenvalue weighted by molar-refractivity contribution is 0.100. The van der Waals surface area contributed by atoms with Gasteiger partial charge in [-0.3, -0.25) is 9.69 Å². The predicted molar refractivity (Wildman–Crippen MR) is 78.7 cm³/mol. The standard InChI is InChI=1S/C15H23N3O/c1-12(2)17-6-8-18(9-7-17)14-5-3-4-13(10-14)15(19)11-16/h3-5,10,12H,6-9,11,16H2,1-2H3. The molecule has 1 saturated heterocycles. The highest BCUT2D eigenvalue weighted by atomic mass is 16.1. The Morgan fingerprint density at radius 3 is 2.53 bits per heavy atom. The zero-order chi connectivity index (χ0) is 13.8. The van der Waals surface area contributed by atoms with Crippen LogP contribution in [0.15, 0.2) is 24.3 Å². The van der Waals surface area contributed by atoms with Crippen molar-refractivity contribution in [2.75, 3.05) is 37.6 Å². The largest absolute Gasteiger partial charge is 0.369 e. The van der Waals surface area contributed by atoms with Crippen molar-refractivity contribution in [2.24, 2.45) is 5.73 Å². The number of benzene rings is 1. The number of nitrogens with zero attached hydrogens (tertiary/aromatic N) is 2. The van der Waals surface area contributed by atoms with Crippen molar-refractivity contribution < 1.29 is 4.79 Å². The summed E-state index contributed by atoms with van der Waals surface area (Å²) in [5.41, 5.74) is 7.26. The van der Waals surface area contributed by atoms with E-state index in [4.69, 9.17) is 5.73 Å². The SMILES string of the molecule is CC(C)N1CCN(c2cccc(C(=O)CN)c2)CC1. The van der Waals surface area contributed by atoms with Gasteiger partial charge in [0.25, 0.3) is 0 Å². The van der Waals surface area contributed by atoms with Crippen LogP contribution in [-0.4, -0.2) is 49.4 Å². The highest BCUT2D eigenvalue weighted by molar-refractivity contribution is 5.98. The zero-order valence-corrected chi connectivity index (χ0v) is 11.8. The van der Waals surface area contributed by atoms with E-state index in [0.29, 0.717) is 11.6 Å². The molecule has 19 heavy (non-hydrogen) atoms. The molecule has 1 aromatic carbocycles. The normalized spacial score (nSPS) is 16.9. The van der Waals surface area contributed by atoms with Crippen LogP contribution in [0.4, 0.5) is 5.69 Å². The second kappa shape index (κ2) is 6.17. The van der Waals surface area contributed by atoms with E-state index in [1.165, 1.54) is 0 Å². The van der Waals surface area contributed by atoms with Crippen molar-refractivity contribution >= 4 is 11.5 Å². The minimum absolute atomic E-state index is 0.00247. The van der Waals surface area contributed by atoms with Crippen LogP contribution in [0.2, 0.25) is 0 Å². The van der Waals surface area contributed by atoms with Gasteiger partial charge in [-0.05, 0) is 26.0 Å². The molecule has 0 radical (unpaired) electrons. The minimum Gasteiger partial charge on any atom is -0.369 e. The number of hydrogen-bond acceptors (Lipinski definition) is 4. The Bertz CT molecular complexity index is 437. The molecule has 1 fully saturated rings. The molecule has 4 nitrogen and oxygen atoms in total. The zero-order valence-electron chi connectivity index (χ0n) is 11.8. The number of piperazine rings is 1. The topological polar surface area (TPSA) is 49.6 Å². The quantitative estimate of drug-likeness (QED) is 0.831. The van der Waals surface area contributed by atoms with Crippen molar-refractivity contribution in [1.82, 2.24) is 4.90 Å². The van der Waals surface area contributed by atoms with Crippen LogP contribution in [0.1, 0.15) is 24.2 Å². The second-order valence-electron chi connectivity index (χ2n) is 5.29. The van der Waals surface area contributed by atoms with Gasteiger partial charge in [-0.1, -0.05) is 12.1 Å². The van der Waals surface area contributed by atoms with Crippen molar-refractivity contribution in [3.05, 3.63) is 29.8 Å². The van der Waals surface area contributed by atoms with Gasteiger partial charge >= 0.3 is 0 Å². The highest BCUT2D eigenvalue weighted by Crippen LogP contribution is 2.19. The van der Waals surface area contributed by atoms with E-state index < -0.39 is 0 Å². The Labute approximate surface area is 115 Å². The monoisotopic (exact) mass is 261 g/mol. The highest BCUT2D eigenvalue weighted by Gasteiger charge is 2.19. The summed E-state index contributed by atoms with van der Waals surface area (Å²) in [4.78, 5) is 16.5. The first kappa shape index (κ1) is 14.0. The fourth-order valence-electron chi connectivity index (χ4n) is 2.49. The van der Waals surface area contributed by atoms with Gasteiger partial charge < -0.3 is 10.6 Å². The first-order chi connectivity index (χ1) is 9.11. The Kier molecular flexibility index (Phi) is 4.56. The molecule has 1 aromatic rings. The third kappa shape index (κ3) is 3.33. The Balaban J connectivity index is 2.05. The summed E-state index contributed by atoms with van der Waals surface area (Å²) in [6.07, 6.45) is 0. The number of rotatable bonds is 4. The molecule has 2 N–H and O–H groups in total. The lowest BCUT2D eigenvalue weighted by atomic mass is 10.1. The van der Waals surface area contributed by atoms with E-state index >= 15 is 0 Å². The number of nitrogens with two attached hydrogens (primary N) is 1. The maximum Gasteiger partial charge on any atom is 0.176 e. The molecule has 104 valence electrons. The van der Waals surface area contributed by atoms with Crippen LogP contribution >= 0.6 is 0 Å². The Hall–Kier alpha value is -1.39. The molecule has 4 heteroatoms. The van der Waals surface area contributed by atoms with Gasteiger partial charge in [0.1, 0.15) is 0 Å². The van der Waals surface area contributed by atoms with E-state index in [-0.39, 0.29) is 12.3 Å². The van der Waals surface area contributed by atoms with Gasteiger partial charge in [-0.2, -0.15) is 0 Å². The molecule has 0 bridgehead atoms. The molecular weight excluding hydrogens is 238 g/mol. The Morgan fingerprint density at radius 1 is 1.26 bits per heavy atom. The number of Topliss-reactive ketones (excluding diaryl/α,β-unsaturated/α-hetero) is 1. The van der Waals surface area contributed by atoms with Gasteiger partial charge in [0, 0.05) is 43.5 Å². The van der Waals surface area contributed by atoms with E-state index in [1.807, 2.05) is 18.2 Å². The molecule has 1 aliphatic heterocycles. The first-order valence-corrected chi connectivity index (χ1v) is 6.94. The van der Waals surface area contributed by atoms with Gasteiger partial charge in [0.05, 0.1) is 6.54 Å². The van der Waals surface area contributed by atoms with Gasteiger partial charge in [0.2, 0.25) is 0 Å². The second-order valence-corrected chi connectivity index (χ2v) is 5.29. The maximum absolute atomic E-state index is 11.6. The van der Waals surface area contributed by atoms with Crippen molar-refractivity contribution in [3.8, 4) is 0 Å². The lowest BCUT2D eigenvalue weighted by Gasteiger charge is -2.38. The molecule has 0 aromatic heterocycles. The van der Waals surface area contributed by atoms with Gasteiger partial charge in [-0.25, -0.2) is 0 Å².